The van der Waals surface area contributed by atoms with Crippen molar-refractivity contribution in [1.82, 2.24) is 19.8 Å². The average Bonchev–Trinajstić information content (AvgIpc) is 3.19. The van der Waals surface area contributed by atoms with E-state index in [2.05, 4.69) is 25.8 Å². The molecule has 5 heteroatoms. The zero-order valence-electron chi connectivity index (χ0n) is 13.2. The molecule has 0 aliphatic carbocycles. The summed E-state index contributed by atoms with van der Waals surface area (Å²) in [5, 5.41) is 0. The van der Waals surface area contributed by atoms with E-state index in [0.29, 0.717) is 18.4 Å². The van der Waals surface area contributed by atoms with Gasteiger partial charge < -0.3 is 9.88 Å². The Kier molecular flexibility index (Phi) is 3.87. The number of pyridine rings is 1. The van der Waals surface area contributed by atoms with Gasteiger partial charge in [0.1, 0.15) is 0 Å². The molecule has 1 amide bonds. The SMILES string of the molecule is O=C(CCc1cccnc1)N1CC2CN(Cc3ccc[nH]3)C2C1. The molecule has 4 rings (SSSR count). The van der Waals surface area contributed by atoms with E-state index in [1.165, 1.54) is 5.69 Å². The van der Waals surface area contributed by atoms with Crippen LogP contribution in [0.5, 0.6) is 0 Å². The fraction of sp³-hybridized carbons (Fsp3) is 0.444. The quantitative estimate of drug-likeness (QED) is 0.914. The van der Waals surface area contributed by atoms with Gasteiger partial charge in [0.05, 0.1) is 0 Å². The van der Waals surface area contributed by atoms with E-state index in [0.717, 1.165) is 38.2 Å². The third-order valence-corrected chi connectivity index (χ3v) is 5.08. The number of rotatable bonds is 5. The van der Waals surface area contributed by atoms with Crippen molar-refractivity contribution >= 4 is 5.91 Å². The van der Waals surface area contributed by atoms with E-state index < -0.39 is 0 Å². The van der Waals surface area contributed by atoms with Crippen LogP contribution in [-0.2, 0) is 17.8 Å². The van der Waals surface area contributed by atoms with Crippen molar-refractivity contribution in [2.75, 3.05) is 19.6 Å². The third kappa shape index (κ3) is 3.01. The average molecular weight is 310 g/mol. The maximum atomic E-state index is 12.4. The molecule has 2 aliphatic heterocycles. The van der Waals surface area contributed by atoms with Gasteiger partial charge in [-0.2, -0.15) is 0 Å². The van der Waals surface area contributed by atoms with Crippen LogP contribution in [0.15, 0.2) is 42.9 Å². The zero-order valence-corrected chi connectivity index (χ0v) is 13.2. The molecule has 0 saturated carbocycles. The lowest BCUT2D eigenvalue weighted by atomic mass is 9.92. The van der Waals surface area contributed by atoms with Gasteiger partial charge in [-0.25, -0.2) is 0 Å². The molecule has 4 heterocycles. The Morgan fingerprint density at radius 3 is 3.00 bits per heavy atom. The van der Waals surface area contributed by atoms with Crippen LogP contribution in [0.1, 0.15) is 17.7 Å². The molecular formula is C18H22N4O. The number of carbonyl (C=O) groups excluding carboxylic acids is 1. The summed E-state index contributed by atoms with van der Waals surface area (Å²) in [6, 6.07) is 8.66. The molecule has 0 spiro atoms. The number of hydrogen-bond donors (Lipinski definition) is 1. The molecule has 0 radical (unpaired) electrons. The number of amides is 1. The highest BCUT2D eigenvalue weighted by Crippen LogP contribution is 2.33. The minimum atomic E-state index is 0.281. The van der Waals surface area contributed by atoms with Gasteiger partial charge in [0.15, 0.2) is 0 Å². The van der Waals surface area contributed by atoms with Crippen LogP contribution in [0.2, 0.25) is 0 Å². The van der Waals surface area contributed by atoms with E-state index in [4.69, 9.17) is 0 Å². The van der Waals surface area contributed by atoms with Gasteiger partial charge in [-0.15, -0.1) is 0 Å². The molecule has 2 aliphatic rings. The minimum absolute atomic E-state index is 0.281. The fourth-order valence-corrected chi connectivity index (χ4v) is 3.77. The Morgan fingerprint density at radius 1 is 1.26 bits per heavy atom. The van der Waals surface area contributed by atoms with Gasteiger partial charge in [-0.1, -0.05) is 6.07 Å². The van der Waals surface area contributed by atoms with Crippen molar-refractivity contribution in [2.45, 2.75) is 25.4 Å². The van der Waals surface area contributed by atoms with Gasteiger partial charge in [0.25, 0.3) is 0 Å². The van der Waals surface area contributed by atoms with Gasteiger partial charge in [0.2, 0.25) is 5.91 Å². The normalized spacial score (nSPS) is 23.6. The highest BCUT2D eigenvalue weighted by Gasteiger charge is 2.46. The summed E-state index contributed by atoms with van der Waals surface area (Å²) < 4.78 is 0. The van der Waals surface area contributed by atoms with Gasteiger partial charge in [-0.05, 0) is 30.2 Å². The predicted molar refractivity (Wildman–Crippen MR) is 87.6 cm³/mol. The Hall–Kier alpha value is -2.14. The van der Waals surface area contributed by atoms with Gasteiger partial charge >= 0.3 is 0 Å². The lowest BCUT2D eigenvalue weighted by Crippen LogP contribution is -2.54. The molecule has 2 unspecified atom stereocenters. The Morgan fingerprint density at radius 2 is 2.22 bits per heavy atom. The lowest BCUT2D eigenvalue weighted by Gasteiger charge is -2.43. The molecular weight excluding hydrogens is 288 g/mol. The molecule has 0 bridgehead atoms. The summed E-state index contributed by atoms with van der Waals surface area (Å²) in [5.74, 6) is 0.940. The number of nitrogens with one attached hydrogen (secondary N) is 1. The molecule has 1 N–H and O–H groups in total. The topological polar surface area (TPSA) is 52.2 Å². The number of nitrogens with zero attached hydrogens (tertiary/aromatic N) is 3. The molecule has 120 valence electrons. The molecule has 2 atom stereocenters. The first-order valence-electron chi connectivity index (χ1n) is 8.32. The third-order valence-electron chi connectivity index (χ3n) is 5.08. The number of likely N-dealkylation sites (tertiary alicyclic amines) is 2. The molecule has 23 heavy (non-hydrogen) atoms. The summed E-state index contributed by atoms with van der Waals surface area (Å²) in [5.41, 5.74) is 2.39. The zero-order chi connectivity index (χ0) is 15.6. The van der Waals surface area contributed by atoms with Crippen molar-refractivity contribution in [1.29, 1.82) is 0 Å². The molecule has 5 nitrogen and oxygen atoms in total. The highest BCUT2D eigenvalue weighted by molar-refractivity contribution is 5.77. The number of aryl methyl sites for hydroxylation is 1. The smallest absolute Gasteiger partial charge is 0.222 e. The molecule has 2 aromatic rings. The second kappa shape index (κ2) is 6.16. The first kappa shape index (κ1) is 14.5. The molecule has 2 aromatic heterocycles. The maximum absolute atomic E-state index is 12.4. The maximum Gasteiger partial charge on any atom is 0.222 e. The first-order valence-corrected chi connectivity index (χ1v) is 8.32. The second-order valence-corrected chi connectivity index (χ2v) is 6.61. The summed E-state index contributed by atoms with van der Waals surface area (Å²) in [6.45, 7) is 3.89. The van der Waals surface area contributed by atoms with Crippen LogP contribution >= 0.6 is 0 Å². The van der Waals surface area contributed by atoms with E-state index in [9.17, 15) is 4.79 Å². The number of carbonyl (C=O) groups is 1. The minimum Gasteiger partial charge on any atom is -0.364 e. The van der Waals surface area contributed by atoms with Crippen LogP contribution in [0, 0.1) is 5.92 Å². The van der Waals surface area contributed by atoms with E-state index in [-0.39, 0.29) is 5.91 Å². The Bertz CT molecular complexity index is 655. The number of H-pyrrole nitrogens is 1. The summed E-state index contributed by atoms with van der Waals surface area (Å²) in [6.07, 6.45) is 6.95. The largest absolute Gasteiger partial charge is 0.364 e. The fourth-order valence-electron chi connectivity index (χ4n) is 3.77. The number of fused-ring (bicyclic) bond motifs is 1. The van der Waals surface area contributed by atoms with Crippen molar-refractivity contribution < 1.29 is 4.79 Å². The summed E-state index contributed by atoms with van der Waals surface area (Å²) in [7, 11) is 0. The Balaban J connectivity index is 1.28. The van der Waals surface area contributed by atoms with E-state index in [1.807, 2.05) is 30.6 Å². The van der Waals surface area contributed by atoms with Gasteiger partial charge in [-0.3, -0.25) is 14.7 Å². The molecule has 0 aromatic carbocycles. The van der Waals surface area contributed by atoms with Crippen LogP contribution in [0.3, 0.4) is 0 Å². The van der Waals surface area contributed by atoms with Crippen LogP contribution in [0.25, 0.3) is 0 Å². The first-order chi connectivity index (χ1) is 11.3. The Labute approximate surface area is 136 Å². The van der Waals surface area contributed by atoms with Crippen molar-refractivity contribution in [3.8, 4) is 0 Å². The van der Waals surface area contributed by atoms with Crippen LogP contribution in [0.4, 0.5) is 0 Å². The monoisotopic (exact) mass is 310 g/mol. The van der Waals surface area contributed by atoms with Crippen molar-refractivity contribution in [3.05, 3.63) is 54.1 Å². The van der Waals surface area contributed by atoms with Gasteiger partial charge in [0, 0.05) is 68.8 Å². The number of aromatic amines is 1. The highest BCUT2D eigenvalue weighted by atomic mass is 16.2. The summed E-state index contributed by atoms with van der Waals surface area (Å²) in [4.78, 5) is 24.3. The van der Waals surface area contributed by atoms with Crippen LogP contribution < -0.4 is 0 Å². The molecule has 2 fully saturated rings. The summed E-state index contributed by atoms with van der Waals surface area (Å²) >= 11 is 0. The predicted octanol–water partition coefficient (Wildman–Crippen LogP) is 1.69. The molecule has 2 saturated heterocycles. The van der Waals surface area contributed by atoms with E-state index >= 15 is 0 Å². The van der Waals surface area contributed by atoms with E-state index in [1.54, 1.807) is 6.20 Å². The number of aromatic nitrogens is 2. The second-order valence-electron chi connectivity index (χ2n) is 6.61. The standard InChI is InChI=1S/C18H22N4O/c23-18(6-5-14-3-1-7-19-9-14)22-11-15-10-21(17(15)13-22)12-16-4-2-8-20-16/h1-4,7-9,15,17,20H,5-6,10-13H2. The lowest BCUT2D eigenvalue weighted by molar-refractivity contribution is -0.130. The van der Waals surface area contributed by atoms with Crippen molar-refractivity contribution in [3.63, 3.8) is 0 Å². The van der Waals surface area contributed by atoms with Crippen LogP contribution in [-0.4, -0.2) is 51.4 Å². The van der Waals surface area contributed by atoms with Crippen molar-refractivity contribution in [2.24, 2.45) is 5.92 Å². The number of hydrogen-bond acceptors (Lipinski definition) is 3.